The minimum atomic E-state index is -0.0920. The molecule has 1 aliphatic heterocycles. The minimum absolute atomic E-state index is 0.0666. The van der Waals surface area contributed by atoms with Crippen LogP contribution in [-0.4, -0.2) is 61.6 Å². The number of halogens is 1. The van der Waals surface area contributed by atoms with E-state index in [0.717, 1.165) is 26.2 Å². The highest BCUT2D eigenvalue weighted by molar-refractivity contribution is 6.29. The van der Waals surface area contributed by atoms with Crippen molar-refractivity contribution in [1.29, 1.82) is 0 Å². The lowest BCUT2D eigenvalue weighted by Gasteiger charge is -2.33. The summed E-state index contributed by atoms with van der Waals surface area (Å²) in [6.07, 6.45) is 2.47. The van der Waals surface area contributed by atoms with Crippen LogP contribution in [0.4, 0.5) is 0 Å². The lowest BCUT2D eigenvalue weighted by Crippen LogP contribution is -2.48. The molecule has 116 valence electrons. The van der Waals surface area contributed by atoms with E-state index < -0.39 is 0 Å². The minimum Gasteiger partial charge on any atom is -0.440 e. The van der Waals surface area contributed by atoms with Gasteiger partial charge in [-0.2, -0.15) is 0 Å². The smallest absolute Gasteiger partial charge is 0.289 e. The molecule has 0 radical (unpaired) electrons. The molecule has 0 aromatic carbocycles. The van der Waals surface area contributed by atoms with Gasteiger partial charge < -0.3 is 19.0 Å². The Kier molecular flexibility index (Phi) is 4.52. The van der Waals surface area contributed by atoms with E-state index in [1.165, 1.54) is 12.8 Å². The largest absolute Gasteiger partial charge is 0.440 e. The third-order valence-electron chi connectivity index (χ3n) is 4.01. The zero-order valence-corrected chi connectivity index (χ0v) is 13.0. The fourth-order valence-corrected chi connectivity index (χ4v) is 2.81. The zero-order valence-electron chi connectivity index (χ0n) is 12.3. The molecule has 0 N–H and O–H groups in total. The van der Waals surface area contributed by atoms with Gasteiger partial charge in [-0.05, 0) is 49.5 Å². The number of nitrogens with zero attached hydrogens (tertiary/aromatic N) is 2. The lowest BCUT2D eigenvalue weighted by atomic mass is 10.2. The summed E-state index contributed by atoms with van der Waals surface area (Å²) in [5.74, 6) is 0.844. The first kappa shape index (κ1) is 14.9. The van der Waals surface area contributed by atoms with Crippen molar-refractivity contribution < 1.29 is 13.9 Å². The summed E-state index contributed by atoms with van der Waals surface area (Å²) in [5, 5.41) is 0.248. The summed E-state index contributed by atoms with van der Waals surface area (Å²) in [6.45, 7) is 3.91. The van der Waals surface area contributed by atoms with Gasteiger partial charge in [0.2, 0.25) is 0 Å². The number of amides is 1. The molecule has 2 aliphatic rings. The van der Waals surface area contributed by atoms with Crippen molar-refractivity contribution in [3.8, 4) is 0 Å². The molecule has 2 fully saturated rings. The second kappa shape index (κ2) is 6.38. The van der Waals surface area contributed by atoms with Crippen LogP contribution in [0, 0.1) is 5.92 Å². The van der Waals surface area contributed by atoms with Gasteiger partial charge in [0.05, 0.1) is 12.7 Å². The van der Waals surface area contributed by atoms with Crippen LogP contribution >= 0.6 is 11.6 Å². The summed E-state index contributed by atoms with van der Waals surface area (Å²) in [5.41, 5.74) is 0. The summed E-state index contributed by atoms with van der Waals surface area (Å²) in [6, 6.07) is 3.24. The van der Waals surface area contributed by atoms with Gasteiger partial charge in [-0.3, -0.25) is 4.79 Å². The monoisotopic (exact) mass is 312 g/mol. The Morgan fingerprint density at radius 2 is 2.24 bits per heavy atom. The third kappa shape index (κ3) is 3.99. The Balaban J connectivity index is 1.66. The maximum absolute atomic E-state index is 12.6. The van der Waals surface area contributed by atoms with Crippen LogP contribution in [-0.2, 0) is 4.74 Å². The Morgan fingerprint density at radius 3 is 2.86 bits per heavy atom. The van der Waals surface area contributed by atoms with Crippen LogP contribution in [0.15, 0.2) is 16.5 Å². The van der Waals surface area contributed by atoms with E-state index in [-0.39, 0.29) is 17.2 Å². The first-order chi connectivity index (χ1) is 10.1. The van der Waals surface area contributed by atoms with E-state index in [1.807, 2.05) is 4.90 Å². The molecule has 1 aromatic rings. The van der Waals surface area contributed by atoms with Crippen molar-refractivity contribution in [3.05, 3.63) is 23.1 Å². The quantitative estimate of drug-likeness (QED) is 0.835. The Labute approximate surface area is 129 Å². The number of hydrogen-bond acceptors (Lipinski definition) is 4. The van der Waals surface area contributed by atoms with Crippen molar-refractivity contribution in [1.82, 2.24) is 9.80 Å². The second-order valence-corrected chi connectivity index (χ2v) is 6.38. The zero-order chi connectivity index (χ0) is 14.8. The Bertz CT molecular complexity index is 501. The number of furan rings is 1. The predicted octanol–water partition coefficient (Wildman–Crippen LogP) is 2.12. The summed E-state index contributed by atoms with van der Waals surface area (Å²) in [4.78, 5) is 16.7. The third-order valence-corrected chi connectivity index (χ3v) is 4.22. The first-order valence-electron chi connectivity index (χ1n) is 7.46. The van der Waals surface area contributed by atoms with Gasteiger partial charge in [0.1, 0.15) is 0 Å². The number of rotatable bonds is 5. The lowest BCUT2D eigenvalue weighted by molar-refractivity contribution is -0.0334. The molecule has 1 saturated heterocycles. The highest BCUT2D eigenvalue weighted by Crippen LogP contribution is 2.30. The average molecular weight is 313 g/mol. The van der Waals surface area contributed by atoms with E-state index in [2.05, 4.69) is 11.9 Å². The number of likely N-dealkylation sites (N-methyl/N-ethyl adjacent to an activating group) is 1. The van der Waals surface area contributed by atoms with Crippen LogP contribution in [0.25, 0.3) is 0 Å². The first-order valence-corrected chi connectivity index (χ1v) is 7.84. The number of morpholine rings is 1. The fourth-order valence-electron chi connectivity index (χ4n) is 2.66. The molecule has 3 rings (SSSR count). The SMILES string of the molecule is CN1CCO[C@@H](CN(CC2CC2)C(=O)c2ccc(Cl)o2)C1. The van der Waals surface area contributed by atoms with E-state index in [9.17, 15) is 4.79 Å². The normalized spacial score (nSPS) is 23.2. The number of hydrogen-bond donors (Lipinski definition) is 0. The molecular formula is C15H21ClN2O3. The molecule has 6 heteroatoms. The molecule has 1 saturated carbocycles. The van der Waals surface area contributed by atoms with Crippen LogP contribution in [0.5, 0.6) is 0 Å². The molecule has 2 heterocycles. The van der Waals surface area contributed by atoms with Gasteiger partial charge in [-0.15, -0.1) is 0 Å². The highest BCUT2D eigenvalue weighted by atomic mass is 35.5. The number of ether oxygens (including phenoxy) is 1. The van der Waals surface area contributed by atoms with Gasteiger partial charge in [0.25, 0.3) is 5.91 Å². The van der Waals surface area contributed by atoms with Gasteiger partial charge >= 0.3 is 0 Å². The maximum atomic E-state index is 12.6. The van der Waals surface area contributed by atoms with E-state index in [4.69, 9.17) is 20.8 Å². The van der Waals surface area contributed by atoms with Crippen LogP contribution < -0.4 is 0 Å². The van der Waals surface area contributed by atoms with Crippen LogP contribution in [0.1, 0.15) is 23.4 Å². The predicted molar refractivity (Wildman–Crippen MR) is 79.6 cm³/mol. The van der Waals surface area contributed by atoms with E-state index in [1.54, 1.807) is 12.1 Å². The Morgan fingerprint density at radius 1 is 1.43 bits per heavy atom. The number of carbonyl (C=O) groups excluding carboxylic acids is 1. The summed E-state index contributed by atoms with van der Waals surface area (Å²) >= 11 is 5.77. The van der Waals surface area contributed by atoms with Crippen LogP contribution in [0.3, 0.4) is 0 Å². The van der Waals surface area contributed by atoms with Crippen molar-refractivity contribution in [2.45, 2.75) is 18.9 Å². The fraction of sp³-hybridized carbons (Fsp3) is 0.667. The Hall–Kier alpha value is -1.04. The molecule has 0 bridgehead atoms. The topological polar surface area (TPSA) is 45.9 Å². The molecule has 0 spiro atoms. The molecule has 1 aliphatic carbocycles. The standard InChI is InChI=1S/C15H21ClN2O3/c1-17-6-7-20-12(9-17)10-18(8-11-2-3-11)15(19)13-4-5-14(16)21-13/h4-5,11-12H,2-3,6-10H2,1H3/t12-/m1/s1. The molecule has 0 unspecified atom stereocenters. The van der Waals surface area contributed by atoms with Gasteiger partial charge in [-0.1, -0.05) is 0 Å². The van der Waals surface area contributed by atoms with E-state index in [0.29, 0.717) is 18.2 Å². The molecular weight excluding hydrogens is 292 g/mol. The average Bonchev–Trinajstić information content (AvgIpc) is 3.16. The van der Waals surface area contributed by atoms with Gasteiger partial charge in [0.15, 0.2) is 11.0 Å². The molecule has 1 amide bonds. The molecule has 1 aromatic heterocycles. The van der Waals surface area contributed by atoms with Gasteiger partial charge in [0, 0.05) is 26.2 Å². The maximum Gasteiger partial charge on any atom is 0.289 e. The van der Waals surface area contributed by atoms with Crippen molar-refractivity contribution in [2.75, 3.05) is 39.8 Å². The highest BCUT2D eigenvalue weighted by Gasteiger charge is 2.31. The summed E-state index contributed by atoms with van der Waals surface area (Å²) < 4.78 is 11.0. The van der Waals surface area contributed by atoms with Gasteiger partial charge in [-0.25, -0.2) is 0 Å². The van der Waals surface area contributed by atoms with Crippen LogP contribution in [0.2, 0.25) is 5.22 Å². The molecule has 1 atom stereocenters. The molecule has 5 nitrogen and oxygen atoms in total. The second-order valence-electron chi connectivity index (χ2n) is 6.01. The number of carbonyl (C=O) groups is 1. The van der Waals surface area contributed by atoms with Crippen molar-refractivity contribution >= 4 is 17.5 Å². The molecule has 21 heavy (non-hydrogen) atoms. The summed E-state index contributed by atoms with van der Waals surface area (Å²) in [7, 11) is 2.08. The van der Waals surface area contributed by atoms with E-state index >= 15 is 0 Å². The van der Waals surface area contributed by atoms with Crippen molar-refractivity contribution in [2.24, 2.45) is 5.92 Å². The van der Waals surface area contributed by atoms with Crippen molar-refractivity contribution in [3.63, 3.8) is 0 Å².